The minimum Gasteiger partial charge on any atom is -0.396 e. The molecule has 7 heteroatoms. The molecule has 0 aliphatic carbocycles. The number of carbonyl (C=O) groups excluding carboxylic acids is 1. The number of hydrogen-bond donors (Lipinski definition) is 3. The number of aryl methyl sites for hydroxylation is 1. The maximum Gasteiger partial charge on any atom is 0.225 e. The Morgan fingerprint density at radius 1 is 1.17 bits per heavy atom. The summed E-state index contributed by atoms with van der Waals surface area (Å²) in [4.78, 5) is 15.8. The fourth-order valence-electron chi connectivity index (χ4n) is 3.32. The van der Waals surface area contributed by atoms with Crippen LogP contribution >= 0.6 is 0 Å². The highest BCUT2D eigenvalue weighted by molar-refractivity contribution is 5.77. The summed E-state index contributed by atoms with van der Waals surface area (Å²) < 4.78 is 13.4. The van der Waals surface area contributed by atoms with Gasteiger partial charge >= 0.3 is 0 Å². The predicted octanol–water partition coefficient (Wildman–Crippen LogP) is 2.87. The molecule has 0 atom stereocenters. The molecule has 0 unspecified atom stereocenters. The molecule has 0 radical (unpaired) electrons. The fourth-order valence-corrected chi connectivity index (χ4v) is 3.32. The molecule has 4 N–H and O–H groups in total. The van der Waals surface area contributed by atoms with Crippen molar-refractivity contribution in [2.45, 2.75) is 13.3 Å². The second-order valence-corrected chi connectivity index (χ2v) is 7.27. The number of nitrogens with one attached hydrogen (secondary N) is 1. The first-order valence-electron chi connectivity index (χ1n) is 9.82. The van der Waals surface area contributed by atoms with E-state index in [1.807, 2.05) is 36.1 Å². The Kier molecular flexibility index (Phi) is 6.74. The fraction of sp³-hybridized carbons (Fsp3) is 0.261. The number of carbonyl (C=O) groups is 1. The van der Waals surface area contributed by atoms with Gasteiger partial charge in [0.2, 0.25) is 5.91 Å². The normalized spacial score (nSPS) is 15.1. The van der Waals surface area contributed by atoms with E-state index in [0.29, 0.717) is 42.4 Å². The van der Waals surface area contributed by atoms with E-state index in [-0.39, 0.29) is 24.8 Å². The molecule has 2 aromatic carbocycles. The molecule has 0 bridgehead atoms. The molecular formula is C23H27FN4O2. The van der Waals surface area contributed by atoms with Crippen LogP contribution in [0.25, 0.3) is 5.70 Å². The van der Waals surface area contributed by atoms with Gasteiger partial charge in [-0.05, 0) is 43.3 Å². The third-order valence-corrected chi connectivity index (χ3v) is 5.02. The Labute approximate surface area is 176 Å². The molecule has 0 spiro atoms. The van der Waals surface area contributed by atoms with Crippen LogP contribution in [-0.4, -0.2) is 47.1 Å². The molecule has 3 rings (SSSR count). The van der Waals surface area contributed by atoms with E-state index in [9.17, 15) is 9.18 Å². The van der Waals surface area contributed by atoms with Crippen molar-refractivity contribution >= 4 is 17.3 Å². The summed E-state index contributed by atoms with van der Waals surface area (Å²) in [6, 6.07) is 13.9. The monoisotopic (exact) mass is 410 g/mol. The van der Waals surface area contributed by atoms with Crippen molar-refractivity contribution in [1.29, 1.82) is 0 Å². The average molecular weight is 410 g/mol. The van der Waals surface area contributed by atoms with Gasteiger partial charge in [0, 0.05) is 36.5 Å². The quantitative estimate of drug-likeness (QED) is 0.682. The van der Waals surface area contributed by atoms with Crippen LogP contribution in [0.5, 0.6) is 0 Å². The van der Waals surface area contributed by atoms with Crippen LogP contribution in [0.1, 0.15) is 17.5 Å². The van der Waals surface area contributed by atoms with Gasteiger partial charge in [-0.1, -0.05) is 24.3 Å². The third kappa shape index (κ3) is 4.99. The Balaban J connectivity index is 1.92. The largest absolute Gasteiger partial charge is 0.396 e. The summed E-state index contributed by atoms with van der Waals surface area (Å²) in [7, 11) is 0. The molecule has 1 amide bonds. The summed E-state index contributed by atoms with van der Waals surface area (Å²) in [5.74, 6) is 0.187. The second kappa shape index (κ2) is 9.45. The highest BCUT2D eigenvalue weighted by atomic mass is 19.1. The first-order valence-corrected chi connectivity index (χ1v) is 9.82. The first kappa shape index (κ1) is 21.4. The molecule has 1 aliphatic heterocycles. The van der Waals surface area contributed by atoms with Gasteiger partial charge < -0.3 is 26.0 Å². The summed E-state index contributed by atoms with van der Waals surface area (Å²) in [5, 5.41) is 12.4. The van der Waals surface area contributed by atoms with Gasteiger partial charge in [-0.3, -0.25) is 4.79 Å². The number of benzene rings is 2. The SMILES string of the molecule is C=C1CN(C(=O)CCO)CCN1/C(Nc1ccc(C)cc1)=C(\N)c1ccc(F)cc1. The van der Waals surface area contributed by atoms with Gasteiger partial charge in [0.25, 0.3) is 0 Å². The van der Waals surface area contributed by atoms with E-state index >= 15 is 0 Å². The van der Waals surface area contributed by atoms with E-state index < -0.39 is 0 Å². The summed E-state index contributed by atoms with van der Waals surface area (Å²) in [6.45, 7) is 7.28. The topological polar surface area (TPSA) is 81.8 Å². The number of anilines is 1. The lowest BCUT2D eigenvalue weighted by Crippen LogP contribution is -2.48. The lowest BCUT2D eigenvalue weighted by atomic mass is 10.1. The van der Waals surface area contributed by atoms with Gasteiger partial charge in [-0.25, -0.2) is 4.39 Å². The van der Waals surface area contributed by atoms with Crippen LogP contribution in [0.15, 0.2) is 66.6 Å². The van der Waals surface area contributed by atoms with Gasteiger partial charge in [0.05, 0.1) is 18.8 Å². The highest BCUT2D eigenvalue weighted by Gasteiger charge is 2.27. The number of nitrogens with two attached hydrogens (primary N) is 1. The molecule has 1 fully saturated rings. The molecule has 1 saturated heterocycles. The number of rotatable bonds is 6. The Morgan fingerprint density at radius 2 is 1.83 bits per heavy atom. The van der Waals surface area contributed by atoms with Crippen LogP contribution in [0.2, 0.25) is 0 Å². The first-order chi connectivity index (χ1) is 14.4. The van der Waals surface area contributed by atoms with Crippen molar-refractivity contribution < 1.29 is 14.3 Å². The van der Waals surface area contributed by atoms with E-state index in [2.05, 4.69) is 11.9 Å². The van der Waals surface area contributed by atoms with Crippen molar-refractivity contribution in [3.8, 4) is 0 Å². The van der Waals surface area contributed by atoms with Crippen LogP contribution in [0.3, 0.4) is 0 Å². The maximum atomic E-state index is 13.4. The lowest BCUT2D eigenvalue weighted by molar-refractivity contribution is -0.132. The Morgan fingerprint density at radius 3 is 2.43 bits per heavy atom. The number of halogens is 1. The summed E-state index contributed by atoms with van der Waals surface area (Å²) >= 11 is 0. The van der Waals surface area contributed by atoms with E-state index in [4.69, 9.17) is 10.8 Å². The minimum absolute atomic E-state index is 0.0926. The van der Waals surface area contributed by atoms with E-state index in [1.54, 1.807) is 17.0 Å². The Bertz CT molecular complexity index is 939. The van der Waals surface area contributed by atoms with Gasteiger partial charge in [-0.15, -0.1) is 0 Å². The molecule has 2 aromatic rings. The van der Waals surface area contributed by atoms with Crippen molar-refractivity contribution in [2.75, 3.05) is 31.6 Å². The number of nitrogens with zero attached hydrogens (tertiary/aromatic N) is 2. The van der Waals surface area contributed by atoms with Crippen LogP contribution in [0.4, 0.5) is 10.1 Å². The maximum absolute atomic E-state index is 13.4. The van der Waals surface area contributed by atoms with E-state index in [1.165, 1.54) is 12.1 Å². The van der Waals surface area contributed by atoms with E-state index in [0.717, 1.165) is 11.3 Å². The molecule has 30 heavy (non-hydrogen) atoms. The van der Waals surface area contributed by atoms with Crippen molar-refractivity contribution in [1.82, 2.24) is 9.80 Å². The number of piperazine rings is 1. The number of amides is 1. The number of aliphatic hydroxyl groups is 1. The van der Waals surface area contributed by atoms with Crippen molar-refractivity contribution in [2.24, 2.45) is 5.73 Å². The van der Waals surface area contributed by atoms with Crippen LogP contribution in [-0.2, 0) is 4.79 Å². The summed E-state index contributed by atoms with van der Waals surface area (Å²) in [5.41, 5.74) is 10.3. The molecule has 0 saturated carbocycles. The molecule has 158 valence electrons. The van der Waals surface area contributed by atoms with Gasteiger partial charge in [0.15, 0.2) is 0 Å². The molecule has 1 heterocycles. The second-order valence-electron chi connectivity index (χ2n) is 7.27. The molecular weight excluding hydrogens is 383 g/mol. The summed E-state index contributed by atoms with van der Waals surface area (Å²) in [6.07, 6.45) is 0.0926. The third-order valence-electron chi connectivity index (χ3n) is 5.02. The number of aliphatic hydroxyl groups excluding tert-OH is 1. The minimum atomic E-state index is -0.333. The average Bonchev–Trinajstić information content (AvgIpc) is 2.74. The number of hydrogen-bond acceptors (Lipinski definition) is 5. The van der Waals surface area contributed by atoms with Crippen LogP contribution < -0.4 is 11.1 Å². The van der Waals surface area contributed by atoms with Crippen molar-refractivity contribution in [3.05, 3.63) is 83.6 Å². The van der Waals surface area contributed by atoms with Gasteiger partial charge in [0.1, 0.15) is 11.6 Å². The Hall–Kier alpha value is -3.32. The smallest absolute Gasteiger partial charge is 0.225 e. The standard InChI is InChI=1S/C23H27FN4O2/c1-16-3-9-20(10-4-16)26-23(22(25)18-5-7-19(24)8-6-18)28-13-12-27(15-17(28)2)21(30)11-14-29/h3-10,26,29H,2,11-15,25H2,1H3/b23-22-. The highest BCUT2D eigenvalue weighted by Crippen LogP contribution is 2.25. The van der Waals surface area contributed by atoms with Crippen LogP contribution in [0, 0.1) is 12.7 Å². The molecule has 1 aliphatic rings. The van der Waals surface area contributed by atoms with Crippen molar-refractivity contribution in [3.63, 3.8) is 0 Å². The van der Waals surface area contributed by atoms with Gasteiger partial charge in [-0.2, -0.15) is 0 Å². The zero-order valence-electron chi connectivity index (χ0n) is 17.1. The molecule has 6 nitrogen and oxygen atoms in total. The molecule has 0 aromatic heterocycles. The zero-order valence-corrected chi connectivity index (χ0v) is 17.1. The predicted molar refractivity (Wildman–Crippen MR) is 116 cm³/mol. The zero-order chi connectivity index (χ0) is 21.7. The lowest BCUT2D eigenvalue weighted by Gasteiger charge is -2.39.